The lowest BCUT2D eigenvalue weighted by Crippen LogP contribution is -2.33. The van der Waals surface area contributed by atoms with E-state index >= 15 is 0 Å². The van der Waals surface area contributed by atoms with E-state index in [0.29, 0.717) is 5.41 Å². The van der Waals surface area contributed by atoms with Crippen LogP contribution in [-0.2, 0) is 4.74 Å². The molecule has 2 N–H and O–H groups in total. The van der Waals surface area contributed by atoms with Crippen LogP contribution >= 0.6 is 0 Å². The zero-order valence-electron chi connectivity index (χ0n) is 11.8. The molecule has 0 amide bonds. The Bertz CT molecular complexity index is 189. The maximum absolute atomic E-state index is 5.14. The molecule has 1 saturated heterocycles. The Morgan fingerprint density at radius 3 is 2.65 bits per heavy atom. The van der Waals surface area contributed by atoms with Gasteiger partial charge >= 0.3 is 0 Å². The molecule has 102 valence electrons. The highest BCUT2D eigenvalue weighted by Gasteiger charge is 2.17. The van der Waals surface area contributed by atoms with Gasteiger partial charge in [-0.2, -0.15) is 0 Å². The van der Waals surface area contributed by atoms with Gasteiger partial charge in [0.25, 0.3) is 0 Å². The van der Waals surface area contributed by atoms with Gasteiger partial charge in [0.2, 0.25) is 0 Å². The monoisotopic (exact) mass is 242 g/mol. The van der Waals surface area contributed by atoms with Crippen molar-refractivity contribution >= 4 is 0 Å². The maximum atomic E-state index is 5.14. The summed E-state index contributed by atoms with van der Waals surface area (Å²) >= 11 is 0. The molecule has 0 spiro atoms. The fraction of sp³-hybridized carbons (Fsp3) is 1.00. The van der Waals surface area contributed by atoms with E-state index in [1.807, 2.05) is 0 Å². The average molecular weight is 242 g/mol. The summed E-state index contributed by atoms with van der Waals surface area (Å²) in [6, 6.07) is 0. The van der Waals surface area contributed by atoms with Gasteiger partial charge in [0, 0.05) is 20.3 Å². The highest BCUT2D eigenvalue weighted by molar-refractivity contribution is 4.73. The van der Waals surface area contributed by atoms with Gasteiger partial charge in [-0.1, -0.05) is 13.8 Å². The molecule has 3 nitrogen and oxygen atoms in total. The van der Waals surface area contributed by atoms with Crippen LogP contribution in [0.25, 0.3) is 0 Å². The molecule has 1 fully saturated rings. The van der Waals surface area contributed by atoms with E-state index in [4.69, 9.17) is 4.74 Å². The topological polar surface area (TPSA) is 33.3 Å². The molecule has 1 heterocycles. The molecule has 1 aliphatic rings. The summed E-state index contributed by atoms with van der Waals surface area (Å²) in [6.07, 6.45) is 5.18. The van der Waals surface area contributed by atoms with Crippen LogP contribution in [-0.4, -0.2) is 39.9 Å². The Morgan fingerprint density at radius 2 is 2.00 bits per heavy atom. The summed E-state index contributed by atoms with van der Waals surface area (Å²) in [5.41, 5.74) is 0.351. The van der Waals surface area contributed by atoms with Crippen molar-refractivity contribution in [3.05, 3.63) is 0 Å². The maximum Gasteiger partial charge on any atom is 0.0467 e. The van der Waals surface area contributed by atoms with Gasteiger partial charge in [-0.25, -0.2) is 0 Å². The number of rotatable bonds is 8. The third kappa shape index (κ3) is 7.02. The van der Waals surface area contributed by atoms with E-state index in [9.17, 15) is 0 Å². The van der Waals surface area contributed by atoms with Crippen LogP contribution in [0.3, 0.4) is 0 Å². The molecule has 0 aromatic rings. The molecule has 0 unspecified atom stereocenters. The number of methoxy groups -OCH3 is 1. The van der Waals surface area contributed by atoms with Gasteiger partial charge < -0.3 is 15.4 Å². The highest BCUT2D eigenvalue weighted by atomic mass is 16.5. The average Bonchev–Trinajstić information content (AvgIpc) is 2.34. The smallest absolute Gasteiger partial charge is 0.0467 e. The molecule has 3 heteroatoms. The van der Waals surface area contributed by atoms with Gasteiger partial charge in [-0.15, -0.1) is 0 Å². The minimum Gasteiger partial charge on any atom is -0.385 e. The Kier molecular flexibility index (Phi) is 7.09. The van der Waals surface area contributed by atoms with E-state index in [1.165, 1.54) is 38.9 Å². The number of hydrogen-bond donors (Lipinski definition) is 2. The van der Waals surface area contributed by atoms with Crippen LogP contribution in [0.4, 0.5) is 0 Å². The molecule has 0 bridgehead atoms. The SMILES string of the molecule is COCCC(C)(C)CNCCC1CCNCC1. The van der Waals surface area contributed by atoms with Crippen molar-refractivity contribution in [2.24, 2.45) is 11.3 Å². The van der Waals surface area contributed by atoms with E-state index < -0.39 is 0 Å². The van der Waals surface area contributed by atoms with Crippen LogP contribution in [0, 0.1) is 11.3 Å². The fourth-order valence-electron chi connectivity index (χ4n) is 2.37. The second-order valence-electron chi connectivity index (χ2n) is 6.07. The molecular weight excluding hydrogens is 212 g/mol. The minimum absolute atomic E-state index is 0.351. The van der Waals surface area contributed by atoms with Crippen LogP contribution < -0.4 is 10.6 Å². The predicted molar refractivity (Wildman–Crippen MR) is 73.4 cm³/mol. The standard InChI is InChI=1S/C14H30N2O/c1-14(2,7-11-17-3)12-16-10-6-13-4-8-15-9-5-13/h13,15-16H,4-12H2,1-3H3. The molecule has 0 saturated carbocycles. The van der Waals surface area contributed by atoms with Crippen LogP contribution in [0.2, 0.25) is 0 Å². The van der Waals surface area contributed by atoms with Gasteiger partial charge in [0.05, 0.1) is 0 Å². The van der Waals surface area contributed by atoms with E-state index in [0.717, 1.165) is 25.5 Å². The van der Waals surface area contributed by atoms with E-state index in [-0.39, 0.29) is 0 Å². The predicted octanol–water partition coefficient (Wildman–Crippen LogP) is 2.03. The van der Waals surface area contributed by atoms with Crippen LogP contribution in [0.1, 0.15) is 39.5 Å². The molecule has 0 aromatic carbocycles. The third-order valence-corrected chi connectivity index (χ3v) is 3.77. The molecule has 0 aliphatic carbocycles. The summed E-state index contributed by atoms with van der Waals surface area (Å²) in [6.45, 7) is 10.2. The first kappa shape index (κ1) is 14.9. The molecule has 0 radical (unpaired) electrons. The lowest BCUT2D eigenvalue weighted by Gasteiger charge is -2.26. The summed E-state index contributed by atoms with van der Waals surface area (Å²) in [4.78, 5) is 0. The third-order valence-electron chi connectivity index (χ3n) is 3.77. The van der Waals surface area contributed by atoms with Crippen molar-refractivity contribution in [2.45, 2.75) is 39.5 Å². The zero-order chi connectivity index (χ0) is 12.6. The largest absolute Gasteiger partial charge is 0.385 e. The Labute approximate surface area is 107 Å². The minimum atomic E-state index is 0.351. The molecule has 17 heavy (non-hydrogen) atoms. The van der Waals surface area contributed by atoms with Crippen LogP contribution in [0.15, 0.2) is 0 Å². The quantitative estimate of drug-likeness (QED) is 0.639. The summed E-state index contributed by atoms with van der Waals surface area (Å²) < 4.78 is 5.14. The molecule has 0 atom stereocenters. The second kappa shape index (κ2) is 8.06. The fourth-order valence-corrected chi connectivity index (χ4v) is 2.37. The van der Waals surface area contributed by atoms with Crippen molar-refractivity contribution in [1.82, 2.24) is 10.6 Å². The van der Waals surface area contributed by atoms with Gasteiger partial charge in [0.1, 0.15) is 0 Å². The Hall–Kier alpha value is -0.120. The van der Waals surface area contributed by atoms with Crippen molar-refractivity contribution in [3.8, 4) is 0 Å². The van der Waals surface area contributed by atoms with Crippen molar-refractivity contribution in [3.63, 3.8) is 0 Å². The van der Waals surface area contributed by atoms with Gasteiger partial charge in [-0.05, 0) is 56.7 Å². The number of piperidine rings is 1. The first-order chi connectivity index (χ1) is 8.14. The Morgan fingerprint density at radius 1 is 1.29 bits per heavy atom. The van der Waals surface area contributed by atoms with Crippen LogP contribution in [0.5, 0.6) is 0 Å². The number of ether oxygens (including phenoxy) is 1. The van der Waals surface area contributed by atoms with Gasteiger partial charge in [-0.3, -0.25) is 0 Å². The first-order valence-corrected chi connectivity index (χ1v) is 7.04. The Balaban J connectivity index is 2.02. The lowest BCUT2D eigenvalue weighted by molar-refractivity contribution is 0.150. The summed E-state index contributed by atoms with van der Waals surface area (Å²) in [5, 5.41) is 7.02. The molecule has 1 aliphatic heterocycles. The highest BCUT2D eigenvalue weighted by Crippen LogP contribution is 2.19. The lowest BCUT2D eigenvalue weighted by atomic mass is 9.89. The zero-order valence-corrected chi connectivity index (χ0v) is 11.8. The van der Waals surface area contributed by atoms with Crippen molar-refractivity contribution < 1.29 is 4.74 Å². The molecular formula is C14H30N2O. The van der Waals surface area contributed by atoms with Crippen molar-refractivity contribution in [1.29, 1.82) is 0 Å². The summed E-state index contributed by atoms with van der Waals surface area (Å²) in [7, 11) is 1.78. The first-order valence-electron chi connectivity index (χ1n) is 7.04. The summed E-state index contributed by atoms with van der Waals surface area (Å²) in [5.74, 6) is 0.936. The van der Waals surface area contributed by atoms with E-state index in [1.54, 1.807) is 7.11 Å². The van der Waals surface area contributed by atoms with Crippen molar-refractivity contribution in [2.75, 3.05) is 39.9 Å². The molecule has 1 rings (SSSR count). The number of hydrogen-bond acceptors (Lipinski definition) is 3. The van der Waals surface area contributed by atoms with Gasteiger partial charge in [0.15, 0.2) is 0 Å². The second-order valence-corrected chi connectivity index (χ2v) is 6.07. The normalized spacial score (nSPS) is 18.5. The number of nitrogens with one attached hydrogen (secondary N) is 2. The molecule has 0 aromatic heterocycles. The van der Waals surface area contributed by atoms with E-state index in [2.05, 4.69) is 24.5 Å².